The third-order valence-corrected chi connectivity index (χ3v) is 4.45. The van der Waals surface area contributed by atoms with Crippen molar-refractivity contribution in [3.63, 3.8) is 0 Å². The van der Waals surface area contributed by atoms with Crippen molar-refractivity contribution in [2.24, 2.45) is 5.92 Å². The van der Waals surface area contributed by atoms with E-state index >= 15 is 0 Å². The normalized spacial score (nSPS) is 28.1. The number of methoxy groups -OCH3 is 1. The van der Waals surface area contributed by atoms with Gasteiger partial charge in [0.25, 0.3) is 0 Å². The molecule has 108 valence electrons. The van der Waals surface area contributed by atoms with E-state index in [9.17, 15) is 4.79 Å². The maximum atomic E-state index is 11.9. The number of rotatable bonds is 3. The molecule has 1 aromatic rings. The highest BCUT2D eigenvalue weighted by Gasteiger charge is 2.34. The summed E-state index contributed by atoms with van der Waals surface area (Å²) in [6, 6.07) is 5.77. The van der Waals surface area contributed by atoms with E-state index < -0.39 is 0 Å². The minimum atomic E-state index is -0.346. The van der Waals surface area contributed by atoms with Crippen molar-refractivity contribution in [2.75, 3.05) is 37.8 Å². The molecule has 0 aromatic heterocycles. The molecule has 5 nitrogen and oxygen atoms in total. The standard InChI is InChI=1S/C15H21N3O2/c1-20-15(19)12-8-11(16)2-3-13(12)17-14-9-18-6-4-10(14)5-7-18/h2-3,8,10,14,17H,4-7,9,16H2,1H3. The zero-order valence-corrected chi connectivity index (χ0v) is 11.8. The predicted octanol–water partition coefficient (Wildman–Crippen LogP) is 1.56. The summed E-state index contributed by atoms with van der Waals surface area (Å²) in [6.45, 7) is 3.46. The molecule has 0 amide bonds. The van der Waals surface area contributed by atoms with Gasteiger partial charge in [-0.2, -0.15) is 0 Å². The van der Waals surface area contributed by atoms with E-state index in [0.717, 1.165) is 12.2 Å². The molecule has 0 spiro atoms. The number of nitrogens with zero attached hydrogens (tertiary/aromatic N) is 1. The fourth-order valence-electron chi connectivity index (χ4n) is 3.29. The van der Waals surface area contributed by atoms with Crippen molar-refractivity contribution in [2.45, 2.75) is 18.9 Å². The van der Waals surface area contributed by atoms with E-state index in [1.165, 1.54) is 33.0 Å². The summed E-state index contributed by atoms with van der Waals surface area (Å²) >= 11 is 0. The summed E-state index contributed by atoms with van der Waals surface area (Å²) in [4.78, 5) is 14.3. The SMILES string of the molecule is COC(=O)c1cc(N)ccc1NC1CN2CCC1CC2. The first-order valence-electron chi connectivity index (χ1n) is 7.14. The molecule has 3 fully saturated rings. The van der Waals surface area contributed by atoms with E-state index in [1.54, 1.807) is 6.07 Å². The zero-order valence-electron chi connectivity index (χ0n) is 11.8. The van der Waals surface area contributed by atoms with Crippen LogP contribution in [0.2, 0.25) is 0 Å². The predicted molar refractivity (Wildman–Crippen MR) is 78.8 cm³/mol. The lowest BCUT2D eigenvalue weighted by atomic mass is 9.84. The molecule has 0 saturated carbocycles. The van der Waals surface area contributed by atoms with Crippen molar-refractivity contribution in [3.8, 4) is 0 Å². The van der Waals surface area contributed by atoms with Crippen LogP contribution in [-0.2, 0) is 4.74 Å². The quantitative estimate of drug-likeness (QED) is 0.647. The molecule has 3 heterocycles. The van der Waals surface area contributed by atoms with Crippen molar-refractivity contribution in [1.29, 1.82) is 0 Å². The number of ether oxygens (including phenoxy) is 1. The van der Waals surface area contributed by atoms with Crippen LogP contribution in [0.4, 0.5) is 11.4 Å². The fourth-order valence-corrected chi connectivity index (χ4v) is 3.29. The number of nitrogen functional groups attached to an aromatic ring is 1. The number of piperidine rings is 3. The largest absolute Gasteiger partial charge is 0.465 e. The van der Waals surface area contributed by atoms with Crippen LogP contribution in [-0.4, -0.2) is 43.7 Å². The van der Waals surface area contributed by atoms with Crippen molar-refractivity contribution in [1.82, 2.24) is 4.90 Å². The second kappa shape index (κ2) is 5.32. The summed E-state index contributed by atoms with van der Waals surface area (Å²) in [5.41, 5.74) is 7.69. The smallest absolute Gasteiger partial charge is 0.340 e. The number of nitrogens with one attached hydrogen (secondary N) is 1. The van der Waals surface area contributed by atoms with Gasteiger partial charge in [-0.05, 0) is 50.0 Å². The Labute approximate surface area is 119 Å². The summed E-state index contributed by atoms with van der Waals surface area (Å²) in [7, 11) is 1.39. The van der Waals surface area contributed by atoms with Gasteiger partial charge in [-0.25, -0.2) is 4.79 Å². The molecular formula is C15H21N3O2. The lowest BCUT2D eigenvalue weighted by Gasteiger charge is -2.45. The van der Waals surface area contributed by atoms with Gasteiger partial charge < -0.3 is 20.7 Å². The molecule has 5 heteroatoms. The maximum Gasteiger partial charge on any atom is 0.340 e. The number of esters is 1. The van der Waals surface area contributed by atoms with Crippen LogP contribution in [0.15, 0.2) is 18.2 Å². The van der Waals surface area contributed by atoms with Gasteiger partial charge in [0.2, 0.25) is 0 Å². The lowest BCUT2D eigenvalue weighted by Crippen LogP contribution is -2.53. The fraction of sp³-hybridized carbons (Fsp3) is 0.533. The number of hydrogen-bond acceptors (Lipinski definition) is 5. The number of benzene rings is 1. The van der Waals surface area contributed by atoms with Crippen LogP contribution in [0.5, 0.6) is 0 Å². The van der Waals surface area contributed by atoms with Gasteiger partial charge in [-0.15, -0.1) is 0 Å². The van der Waals surface area contributed by atoms with Crippen LogP contribution in [0.3, 0.4) is 0 Å². The van der Waals surface area contributed by atoms with Crippen LogP contribution in [0.25, 0.3) is 0 Å². The zero-order chi connectivity index (χ0) is 14.1. The van der Waals surface area contributed by atoms with Gasteiger partial charge in [0, 0.05) is 24.0 Å². The Balaban J connectivity index is 1.82. The topological polar surface area (TPSA) is 67.6 Å². The number of carbonyl (C=O) groups excluding carboxylic acids is 1. The Morgan fingerprint density at radius 3 is 2.75 bits per heavy atom. The lowest BCUT2D eigenvalue weighted by molar-refractivity contribution is 0.0601. The third-order valence-electron chi connectivity index (χ3n) is 4.45. The molecule has 3 aliphatic rings. The average Bonchev–Trinajstić information content (AvgIpc) is 2.49. The van der Waals surface area contributed by atoms with Crippen molar-refractivity contribution in [3.05, 3.63) is 23.8 Å². The number of hydrogen-bond donors (Lipinski definition) is 2. The first-order valence-corrected chi connectivity index (χ1v) is 7.14. The Hall–Kier alpha value is -1.75. The average molecular weight is 275 g/mol. The summed E-state index contributed by atoms with van der Waals surface area (Å²) in [6.07, 6.45) is 2.47. The minimum Gasteiger partial charge on any atom is -0.465 e. The van der Waals surface area contributed by atoms with E-state index in [2.05, 4.69) is 10.2 Å². The maximum absolute atomic E-state index is 11.9. The van der Waals surface area contributed by atoms with Crippen LogP contribution in [0.1, 0.15) is 23.2 Å². The number of fused-ring (bicyclic) bond motifs is 3. The van der Waals surface area contributed by atoms with Crippen LogP contribution < -0.4 is 11.1 Å². The van der Waals surface area contributed by atoms with Crippen molar-refractivity contribution < 1.29 is 9.53 Å². The van der Waals surface area contributed by atoms with Gasteiger partial charge in [0.05, 0.1) is 12.7 Å². The highest BCUT2D eigenvalue weighted by atomic mass is 16.5. The van der Waals surface area contributed by atoms with Gasteiger partial charge in [-0.3, -0.25) is 0 Å². The molecule has 1 aromatic carbocycles. The molecule has 0 radical (unpaired) electrons. The van der Waals surface area contributed by atoms with Crippen LogP contribution in [0, 0.1) is 5.92 Å². The van der Waals surface area contributed by atoms with Gasteiger partial charge in [0.15, 0.2) is 0 Å². The molecular weight excluding hydrogens is 254 g/mol. The molecule has 3 aliphatic heterocycles. The molecule has 4 rings (SSSR count). The Morgan fingerprint density at radius 2 is 2.15 bits per heavy atom. The Morgan fingerprint density at radius 1 is 1.40 bits per heavy atom. The molecule has 2 bridgehead atoms. The van der Waals surface area contributed by atoms with Gasteiger partial charge in [0.1, 0.15) is 0 Å². The highest BCUT2D eigenvalue weighted by molar-refractivity contribution is 5.96. The Kier molecular flexibility index (Phi) is 3.53. The number of carbonyl (C=O) groups is 1. The third kappa shape index (κ3) is 2.45. The van der Waals surface area contributed by atoms with Gasteiger partial charge >= 0.3 is 5.97 Å². The van der Waals surface area contributed by atoms with Crippen molar-refractivity contribution >= 4 is 17.3 Å². The van der Waals surface area contributed by atoms with E-state index in [-0.39, 0.29) is 5.97 Å². The minimum absolute atomic E-state index is 0.346. The number of nitrogens with two attached hydrogens (primary N) is 1. The second-order valence-electron chi connectivity index (χ2n) is 5.69. The molecule has 3 N–H and O–H groups in total. The van der Waals surface area contributed by atoms with Gasteiger partial charge in [-0.1, -0.05) is 0 Å². The second-order valence-corrected chi connectivity index (χ2v) is 5.69. The van der Waals surface area contributed by atoms with Crippen LogP contribution >= 0.6 is 0 Å². The number of anilines is 2. The Bertz CT molecular complexity index is 510. The first kappa shape index (κ1) is 13.2. The van der Waals surface area contributed by atoms with E-state index in [1.807, 2.05) is 12.1 Å². The molecule has 20 heavy (non-hydrogen) atoms. The summed E-state index contributed by atoms with van der Waals surface area (Å²) < 4.78 is 4.84. The molecule has 1 atom stereocenters. The highest BCUT2D eigenvalue weighted by Crippen LogP contribution is 2.31. The first-order chi connectivity index (χ1) is 9.67. The molecule has 3 saturated heterocycles. The monoisotopic (exact) mass is 275 g/mol. The molecule has 0 aliphatic carbocycles. The van der Waals surface area contributed by atoms with E-state index in [0.29, 0.717) is 23.2 Å². The summed E-state index contributed by atoms with van der Waals surface area (Å²) in [5.74, 6) is 0.351. The van der Waals surface area contributed by atoms with E-state index in [4.69, 9.17) is 10.5 Å². The summed E-state index contributed by atoms with van der Waals surface area (Å²) in [5, 5.41) is 3.53. The molecule has 1 unspecified atom stereocenters.